The zero-order valence-electron chi connectivity index (χ0n) is 10.5. The van der Waals surface area contributed by atoms with E-state index in [0.717, 1.165) is 16.3 Å². The Morgan fingerprint density at radius 1 is 1.32 bits per heavy atom. The molecular weight excluding hydrogens is 262 g/mol. The molecule has 3 heterocycles. The number of rotatable bonds is 4. The van der Waals surface area contributed by atoms with Gasteiger partial charge in [0.15, 0.2) is 11.5 Å². The number of anilines is 2. The highest BCUT2D eigenvalue weighted by atomic mass is 32.1. The molecule has 0 fully saturated rings. The number of hydrogen-bond donors (Lipinski definition) is 3. The normalized spacial score (nSPS) is 12.5. The third kappa shape index (κ3) is 2.22. The zero-order valence-corrected chi connectivity index (χ0v) is 11.3. The number of hydrogen-bond acceptors (Lipinski definition) is 7. The van der Waals surface area contributed by atoms with Crippen LogP contribution >= 0.6 is 11.3 Å². The molecule has 0 aliphatic heterocycles. The first-order valence-electron chi connectivity index (χ1n) is 5.82. The summed E-state index contributed by atoms with van der Waals surface area (Å²) in [6.45, 7) is 2.04. The van der Waals surface area contributed by atoms with Crippen molar-refractivity contribution in [1.82, 2.24) is 24.9 Å². The molecule has 0 radical (unpaired) electrons. The number of fused-ring (bicyclic) bond motifs is 1. The van der Waals surface area contributed by atoms with Gasteiger partial charge >= 0.3 is 0 Å². The maximum atomic E-state index is 4.41. The van der Waals surface area contributed by atoms with E-state index in [1.807, 2.05) is 12.3 Å². The van der Waals surface area contributed by atoms with E-state index in [-0.39, 0.29) is 6.04 Å². The Kier molecular flexibility index (Phi) is 3.00. The van der Waals surface area contributed by atoms with Crippen LogP contribution in [0.15, 0.2) is 17.9 Å². The topological polar surface area (TPSA) is 91.4 Å². The summed E-state index contributed by atoms with van der Waals surface area (Å²) in [6.07, 6.45) is 3.40. The minimum Gasteiger partial charge on any atom is -0.359 e. The lowest BCUT2D eigenvalue weighted by molar-refractivity contribution is 0.861. The fraction of sp³-hybridized carbons (Fsp3) is 0.273. The summed E-state index contributed by atoms with van der Waals surface area (Å²) in [6, 6.07) is 0.0751. The maximum Gasteiger partial charge on any atom is 0.226 e. The molecule has 0 aromatic carbocycles. The molecule has 0 saturated heterocycles. The molecule has 0 saturated carbocycles. The van der Waals surface area contributed by atoms with Gasteiger partial charge in [-0.15, -0.1) is 11.3 Å². The molecule has 3 aromatic rings. The Hall–Kier alpha value is -2.22. The summed E-state index contributed by atoms with van der Waals surface area (Å²) < 4.78 is 0. The van der Waals surface area contributed by atoms with E-state index in [4.69, 9.17) is 0 Å². The minimum absolute atomic E-state index is 0.0751. The molecule has 19 heavy (non-hydrogen) atoms. The molecule has 0 amide bonds. The molecule has 8 heteroatoms. The van der Waals surface area contributed by atoms with E-state index in [2.05, 4.69) is 35.6 Å². The van der Waals surface area contributed by atoms with Gasteiger partial charge in [0.05, 0.1) is 12.4 Å². The number of thiazole rings is 1. The predicted octanol–water partition coefficient (Wildman–Crippen LogP) is 2.02. The van der Waals surface area contributed by atoms with Gasteiger partial charge in [-0.3, -0.25) is 0 Å². The van der Waals surface area contributed by atoms with Crippen molar-refractivity contribution < 1.29 is 0 Å². The summed E-state index contributed by atoms with van der Waals surface area (Å²) in [4.78, 5) is 20.2. The molecule has 0 bridgehead atoms. The van der Waals surface area contributed by atoms with Crippen molar-refractivity contribution >= 4 is 34.3 Å². The molecular formula is C11H13N7S. The van der Waals surface area contributed by atoms with Crippen LogP contribution in [0.3, 0.4) is 0 Å². The molecule has 1 unspecified atom stereocenters. The van der Waals surface area contributed by atoms with Crippen LogP contribution in [-0.2, 0) is 0 Å². The summed E-state index contributed by atoms with van der Waals surface area (Å²) in [7, 11) is 1.78. The number of nitrogens with zero attached hydrogens (tertiary/aromatic N) is 4. The van der Waals surface area contributed by atoms with E-state index in [1.54, 1.807) is 30.9 Å². The van der Waals surface area contributed by atoms with Crippen LogP contribution in [0.1, 0.15) is 18.0 Å². The maximum absolute atomic E-state index is 4.41. The second-order valence-electron chi connectivity index (χ2n) is 3.98. The average molecular weight is 275 g/mol. The molecule has 98 valence electrons. The van der Waals surface area contributed by atoms with E-state index < -0.39 is 0 Å². The third-order valence-corrected chi connectivity index (χ3v) is 3.64. The van der Waals surface area contributed by atoms with Crippen LogP contribution < -0.4 is 10.6 Å². The minimum atomic E-state index is 0.0751. The van der Waals surface area contributed by atoms with Crippen molar-refractivity contribution in [3.63, 3.8) is 0 Å². The second kappa shape index (κ2) is 4.81. The predicted molar refractivity (Wildman–Crippen MR) is 75.4 cm³/mol. The Balaban J connectivity index is 1.97. The van der Waals surface area contributed by atoms with Gasteiger partial charge in [0.25, 0.3) is 0 Å². The highest BCUT2D eigenvalue weighted by molar-refractivity contribution is 7.09. The Labute approximate surface area is 113 Å². The SMILES string of the molecule is CNc1nc(NC(C)c2nccs2)c2[nH]cnc2n1. The zero-order chi connectivity index (χ0) is 13.2. The molecule has 3 aromatic heterocycles. The van der Waals surface area contributed by atoms with Crippen molar-refractivity contribution in [2.45, 2.75) is 13.0 Å². The fourth-order valence-electron chi connectivity index (χ4n) is 1.76. The van der Waals surface area contributed by atoms with Gasteiger partial charge in [0, 0.05) is 18.6 Å². The first kappa shape index (κ1) is 11.8. The molecule has 0 aliphatic rings. The quantitative estimate of drug-likeness (QED) is 0.674. The smallest absolute Gasteiger partial charge is 0.226 e. The van der Waals surface area contributed by atoms with Gasteiger partial charge in [0.1, 0.15) is 10.5 Å². The van der Waals surface area contributed by atoms with E-state index in [9.17, 15) is 0 Å². The monoisotopic (exact) mass is 275 g/mol. The number of aromatic amines is 1. The summed E-state index contributed by atoms with van der Waals surface area (Å²) in [5, 5.41) is 9.23. The second-order valence-corrected chi connectivity index (χ2v) is 4.91. The standard InChI is InChI=1S/C11H13N7S/c1-6(10-13-3-4-19-10)16-9-7-8(15-5-14-7)17-11(12-2)18-9/h3-6H,1-2H3,(H3,12,14,15,16,17,18). The Morgan fingerprint density at radius 3 is 2.95 bits per heavy atom. The van der Waals surface area contributed by atoms with E-state index >= 15 is 0 Å². The number of nitrogens with one attached hydrogen (secondary N) is 3. The highest BCUT2D eigenvalue weighted by Gasteiger charge is 2.14. The van der Waals surface area contributed by atoms with Crippen molar-refractivity contribution in [1.29, 1.82) is 0 Å². The van der Waals surface area contributed by atoms with Gasteiger partial charge < -0.3 is 15.6 Å². The number of imidazole rings is 1. The third-order valence-electron chi connectivity index (χ3n) is 2.68. The molecule has 1 atom stereocenters. The highest BCUT2D eigenvalue weighted by Crippen LogP contribution is 2.24. The lowest BCUT2D eigenvalue weighted by atomic mass is 10.3. The van der Waals surface area contributed by atoms with Crippen LogP contribution in [0, 0.1) is 0 Å². The van der Waals surface area contributed by atoms with Crippen LogP contribution in [0.5, 0.6) is 0 Å². The van der Waals surface area contributed by atoms with Crippen molar-refractivity contribution in [3.8, 4) is 0 Å². The van der Waals surface area contributed by atoms with Crippen molar-refractivity contribution in [2.24, 2.45) is 0 Å². The lowest BCUT2D eigenvalue weighted by Crippen LogP contribution is -2.09. The lowest BCUT2D eigenvalue weighted by Gasteiger charge is -2.13. The van der Waals surface area contributed by atoms with Crippen molar-refractivity contribution in [3.05, 3.63) is 22.9 Å². The van der Waals surface area contributed by atoms with Gasteiger partial charge in [-0.05, 0) is 6.92 Å². The van der Waals surface area contributed by atoms with Crippen LogP contribution in [0.25, 0.3) is 11.2 Å². The fourth-order valence-corrected chi connectivity index (χ4v) is 2.41. The average Bonchev–Trinajstić information content (AvgIpc) is 3.09. The number of aromatic nitrogens is 5. The van der Waals surface area contributed by atoms with E-state index in [0.29, 0.717) is 11.6 Å². The first-order chi connectivity index (χ1) is 9.28. The van der Waals surface area contributed by atoms with Crippen LogP contribution in [-0.4, -0.2) is 32.0 Å². The summed E-state index contributed by atoms with van der Waals surface area (Å²) in [5.41, 5.74) is 1.43. The van der Waals surface area contributed by atoms with Gasteiger partial charge in [-0.1, -0.05) is 0 Å². The van der Waals surface area contributed by atoms with Gasteiger partial charge in [0.2, 0.25) is 5.95 Å². The summed E-state index contributed by atoms with van der Waals surface area (Å²) in [5.74, 6) is 1.25. The molecule has 3 rings (SSSR count). The largest absolute Gasteiger partial charge is 0.359 e. The van der Waals surface area contributed by atoms with E-state index in [1.165, 1.54) is 0 Å². The molecule has 3 N–H and O–H groups in total. The van der Waals surface area contributed by atoms with Crippen LogP contribution in [0.4, 0.5) is 11.8 Å². The molecule has 0 spiro atoms. The van der Waals surface area contributed by atoms with Crippen LogP contribution in [0.2, 0.25) is 0 Å². The Morgan fingerprint density at radius 2 is 2.21 bits per heavy atom. The first-order valence-corrected chi connectivity index (χ1v) is 6.70. The van der Waals surface area contributed by atoms with Gasteiger partial charge in [-0.2, -0.15) is 9.97 Å². The van der Waals surface area contributed by atoms with Gasteiger partial charge in [-0.25, -0.2) is 9.97 Å². The molecule has 7 nitrogen and oxygen atoms in total. The molecule has 0 aliphatic carbocycles. The Bertz CT molecular complexity index is 675. The number of H-pyrrole nitrogens is 1. The summed E-state index contributed by atoms with van der Waals surface area (Å²) >= 11 is 1.61. The van der Waals surface area contributed by atoms with Crippen molar-refractivity contribution in [2.75, 3.05) is 17.7 Å².